The highest BCUT2D eigenvalue weighted by molar-refractivity contribution is 6.30. The Morgan fingerprint density at radius 2 is 1.96 bits per heavy atom. The molecule has 1 amide bonds. The van der Waals surface area contributed by atoms with Crippen LogP contribution in [0.3, 0.4) is 0 Å². The van der Waals surface area contributed by atoms with Gasteiger partial charge in [0.25, 0.3) is 0 Å². The molecule has 27 heavy (non-hydrogen) atoms. The van der Waals surface area contributed by atoms with Crippen molar-refractivity contribution in [2.45, 2.75) is 12.8 Å². The summed E-state index contributed by atoms with van der Waals surface area (Å²) in [4.78, 5) is 16.5. The summed E-state index contributed by atoms with van der Waals surface area (Å²) >= 11 is 5.97. The fraction of sp³-hybridized carbons (Fsp3) is 0.211. The number of aryl methyl sites for hydroxylation is 1. The molecule has 0 aliphatic heterocycles. The van der Waals surface area contributed by atoms with E-state index in [2.05, 4.69) is 15.5 Å². The maximum atomic E-state index is 12.2. The van der Waals surface area contributed by atoms with Gasteiger partial charge in [0, 0.05) is 35.2 Å². The van der Waals surface area contributed by atoms with E-state index in [1.165, 1.54) is 7.11 Å². The van der Waals surface area contributed by atoms with E-state index < -0.39 is 0 Å². The van der Waals surface area contributed by atoms with Gasteiger partial charge in [-0.05, 0) is 24.3 Å². The summed E-state index contributed by atoms with van der Waals surface area (Å²) in [6.45, 7) is 0. The number of carbonyl (C=O) groups excluding carboxylic acids is 1. The molecule has 0 radical (unpaired) electrons. The van der Waals surface area contributed by atoms with Crippen LogP contribution in [-0.2, 0) is 11.2 Å². The van der Waals surface area contributed by atoms with Crippen LogP contribution in [-0.4, -0.2) is 30.3 Å². The first kappa shape index (κ1) is 18.7. The zero-order valence-corrected chi connectivity index (χ0v) is 15.6. The number of ether oxygens (including phenoxy) is 2. The van der Waals surface area contributed by atoms with E-state index >= 15 is 0 Å². The summed E-state index contributed by atoms with van der Waals surface area (Å²) in [6, 6.07) is 12.3. The third-order valence-electron chi connectivity index (χ3n) is 3.78. The van der Waals surface area contributed by atoms with E-state index in [-0.39, 0.29) is 12.3 Å². The number of anilines is 1. The van der Waals surface area contributed by atoms with Gasteiger partial charge in [-0.1, -0.05) is 28.9 Å². The molecule has 0 spiro atoms. The molecule has 140 valence electrons. The Morgan fingerprint density at radius 3 is 2.70 bits per heavy atom. The topological polar surface area (TPSA) is 86.5 Å². The summed E-state index contributed by atoms with van der Waals surface area (Å²) in [5, 5.41) is 7.32. The van der Waals surface area contributed by atoms with Crippen LogP contribution >= 0.6 is 11.6 Å². The summed E-state index contributed by atoms with van der Waals surface area (Å²) in [5.41, 5.74) is 1.37. The summed E-state index contributed by atoms with van der Waals surface area (Å²) in [5.74, 6) is 1.78. The molecule has 0 bridgehead atoms. The Kier molecular flexibility index (Phi) is 5.93. The normalized spacial score (nSPS) is 10.5. The average molecular weight is 388 g/mol. The minimum absolute atomic E-state index is 0.176. The quantitative estimate of drug-likeness (QED) is 0.659. The van der Waals surface area contributed by atoms with Gasteiger partial charge in [-0.25, -0.2) is 0 Å². The molecule has 7 nitrogen and oxygen atoms in total. The first-order valence-electron chi connectivity index (χ1n) is 8.19. The molecule has 0 fully saturated rings. The lowest BCUT2D eigenvalue weighted by Crippen LogP contribution is -2.12. The van der Waals surface area contributed by atoms with Crippen LogP contribution in [0, 0.1) is 0 Å². The van der Waals surface area contributed by atoms with E-state index in [0.29, 0.717) is 40.3 Å². The third kappa shape index (κ3) is 4.77. The number of rotatable bonds is 7. The second-order valence-electron chi connectivity index (χ2n) is 5.64. The molecular formula is C19H18ClN3O4. The zero-order valence-electron chi connectivity index (χ0n) is 14.9. The van der Waals surface area contributed by atoms with Crippen LogP contribution in [0.15, 0.2) is 47.0 Å². The fourth-order valence-electron chi connectivity index (χ4n) is 2.46. The van der Waals surface area contributed by atoms with E-state index in [4.69, 9.17) is 25.6 Å². The number of benzene rings is 2. The number of aromatic nitrogens is 2. The van der Waals surface area contributed by atoms with Crippen LogP contribution in [0.2, 0.25) is 5.02 Å². The number of hydrogen-bond donors (Lipinski definition) is 1. The first-order chi connectivity index (χ1) is 13.1. The van der Waals surface area contributed by atoms with Gasteiger partial charge in [-0.2, -0.15) is 4.98 Å². The number of nitrogens with one attached hydrogen (secondary N) is 1. The molecule has 1 N–H and O–H groups in total. The largest absolute Gasteiger partial charge is 0.493 e. The number of hydrogen-bond acceptors (Lipinski definition) is 6. The molecule has 3 rings (SSSR count). The molecule has 0 saturated heterocycles. The Morgan fingerprint density at radius 1 is 1.15 bits per heavy atom. The highest BCUT2D eigenvalue weighted by Crippen LogP contribution is 2.29. The molecule has 1 aromatic heterocycles. The molecule has 3 aromatic rings. The van der Waals surface area contributed by atoms with Crippen LogP contribution in [0.5, 0.6) is 11.5 Å². The Labute approximate surface area is 161 Å². The van der Waals surface area contributed by atoms with Gasteiger partial charge >= 0.3 is 0 Å². The molecular weight excluding hydrogens is 370 g/mol. The van der Waals surface area contributed by atoms with Crippen molar-refractivity contribution in [3.63, 3.8) is 0 Å². The monoisotopic (exact) mass is 387 g/mol. The van der Waals surface area contributed by atoms with Crippen molar-refractivity contribution in [2.75, 3.05) is 19.5 Å². The number of nitrogens with zero attached hydrogens (tertiary/aromatic N) is 2. The molecule has 0 atom stereocenters. The number of methoxy groups -OCH3 is 2. The van der Waals surface area contributed by atoms with Crippen molar-refractivity contribution in [3.8, 4) is 22.9 Å². The van der Waals surface area contributed by atoms with Gasteiger partial charge in [0.05, 0.1) is 14.2 Å². The van der Waals surface area contributed by atoms with E-state index in [9.17, 15) is 4.79 Å². The molecule has 1 heterocycles. The summed E-state index contributed by atoms with van der Waals surface area (Å²) < 4.78 is 15.6. The van der Waals surface area contributed by atoms with E-state index in [1.54, 1.807) is 37.4 Å². The van der Waals surface area contributed by atoms with Crippen molar-refractivity contribution < 1.29 is 18.8 Å². The van der Waals surface area contributed by atoms with Gasteiger partial charge in [0.15, 0.2) is 11.5 Å². The third-order valence-corrected chi connectivity index (χ3v) is 4.02. The maximum absolute atomic E-state index is 12.2. The molecule has 0 aliphatic rings. The lowest BCUT2D eigenvalue weighted by atomic mass is 10.2. The van der Waals surface area contributed by atoms with Gasteiger partial charge in [-0.3, -0.25) is 4.79 Å². The van der Waals surface area contributed by atoms with E-state index in [0.717, 1.165) is 5.56 Å². The van der Waals surface area contributed by atoms with Crippen LogP contribution in [0.25, 0.3) is 11.4 Å². The molecule has 0 saturated carbocycles. The predicted molar refractivity (Wildman–Crippen MR) is 101 cm³/mol. The number of amides is 1. The number of carbonyl (C=O) groups is 1. The Hall–Kier alpha value is -3.06. The van der Waals surface area contributed by atoms with Gasteiger partial charge in [0.2, 0.25) is 17.6 Å². The lowest BCUT2D eigenvalue weighted by molar-refractivity contribution is -0.116. The highest BCUT2D eigenvalue weighted by atomic mass is 35.5. The van der Waals surface area contributed by atoms with Crippen molar-refractivity contribution in [3.05, 3.63) is 53.4 Å². The van der Waals surface area contributed by atoms with Crippen LogP contribution in [0.4, 0.5) is 5.69 Å². The second-order valence-corrected chi connectivity index (χ2v) is 6.08. The number of halogens is 1. The first-order valence-corrected chi connectivity index (χ1v) is 8.57. The van der Waals surface area contributed by atoms with E-state index in [1.807, 2.05) is 12.1 Å². The van der Waals surface area contributed by atoms with Crippen molar-refractivity contribution in [1.82, 2.24) is 10.1 Å². The molecule has 8 heteroatoms. The van der Waals surface area contributed by atoms with Crippen molar-refractivity contribution >= 4 is 23.2 Å². The average Bonchev–Trinajstić information content (AvgIpc) is 3.15. The predicted octanol–water partition coefficient (Wildman–Crippen LogP) is 3.98. The zero-order chi connectivity index (χ0) is 19.2. The van der Waals surface area contributed by atoms with Crippen LogP contribution in [0.1, 0.15) is 12.3 Å². The lowest BCUT2D eigenvalue weighted by Gasteiger charge is -2.10. The second kappa shape index (κ2) is 8.55. The minimum atomic E-state index is -0.176. The molecule has 0 aliphatic carbocycles. The fourth-order valence-corrected chi connectivity index (χ4v) is 2.65. The van der Waals surface area contributed by atoms with Crippen LogP contribution < -0.4 is 14.8 Å². The smallest absolute Gasteiger partial charge is 0.227 e. The SMILES string of the molecule is COc1ccc(NC(=O)CCc2nc(-c3cccc(Cl)c3)no2)cc1OC. The van der Waals surface area contributed by atoms with Crippen molar-refractivity contribution in [2.24, 2.45) is 0 Å². The summed E-state index contributed by atoms with van der Waals surface area (Å²) in [7, 11) is 3.09. The highest BCUT2D eigenvalue weighted by Gasteiger charge is 2.12. The summed E-state index contributed by atoms with van der Waals surface area (Å²) in [6.07, 6.45) is 0.526. The molecule has 2 aromatic carbocycles. The Balaban J connectivity index is 1.58. The van der Waals surface area contributed by atoms with Gasteiger partial charge < -0.3 is 19.3 Å². The minimum Gasteiger partial charge on any atom is -0.493 e. The molecule has 0 unspecified atom stereocenters. The maximum Gasteiger partial charge on any atom is 0.227 e. The van der Waals surface area contributed by atoms with Gasteiger partial charge in [0.1, 0.15) is 0 Å². The standard InChI is InChI=1S/C19H18ClN3O4/c1-25-15-7-6-14(11-16(15)26-2)21-17(24)8-9-18-22-19(23-27-18)12-4-3-5-13(20)10-12/h3-7,10-11H,8-9H2,1-2H3,(H,21,24). The Bertz CT molecular complexity index is 942. The van der Waals surface area contributed by atoms with Crippen molar-refractivity contribution in [1.29, 1.82) is 0 Å². The van der Waals surface area contributed by atoms with Gasteiger partial charge in [-0.15, -0.1) is 0 Å².